The topological polar surface area (TPSA) is 9.23 Å². The first-order valence-electron chi connectivity index (χ1n) is 6.26. The smallest absolute Gasteiger partial charge is 0.0602 e. The minimum Gasteiger partial charge on any atom is -0.373 e. The Morgan fingerprint density at radius 2 is 1.47 bits per heavy atom. The van der Waals surface area contributed by atoms with Gasteiger partial charge in [0.1, 0.15) is 0 Å². The van der Waals surface area contributed by atoms with Gasteiger partial charge >= 0.3 is 0 Å². The predicted octanol–water partition coefficient (Wildman–Crippen LogP) is 4.65. The molecule has 0 heterocycles. The minimum absolute atomic E-state index is 0.0229. The molecule has 1 heteroatoms. The average Bonchev–Trinajstić information content (AvgIpc) is 1.97. The summed E-state index contributed by atoms with van der Waals surface area (Å²) in [5, 5.41) is 0. The molecule has 0 aromatic carbocycles. The van der Waals surface area contributed by atoms with Gasteiger partial charge in [0, 0.05) is 0 Å². The van der Waals surface area contributed by atoms with Crippen LogP contribution in [-0.2, 0) is 4.74 Å². The highest BCUT2D eigenvalue weighted by Crippen LogP contribution is 2.35. The van der Waals surface area contributed by atoms with Crippen LogP contribution >= 0.6 is 0 Å². The second-order valence-corrected chi connectivity index (χ2v) is 6.54. The molecule has 0 spiro atoms. The molecule has 0 amide bonds. The third-order valence-corrected chi connectivity index (χ3v) is 3.31. The van der Waals surface area contributed by atoms with Crippen LogP contribution in [0.3, 0.4) is 0 Å². The van der Waals surface area contributed by atoms with E-state index in [9.17, 15) is 0 Å². The Bertz CT molecular complexity index is 176. The van der Waals surface area contributed by atoms with Crippen LogP contribution in [0.25, 0.3) is 0 Å². The van der Waals surface area contributed by atoms with Crippen molar-refractivity contribution in [3.05, 3.63) is 0 Å². The molecule has 0 saturated heterocycles. The molecule has 0 N–H and O–H groups in total. The highest BCUT2D eigenvalue weighted by atomic mass is 16.5. The zero-order chi connectivity index (χ0) is 12.3. The van der Waals surface area contributed by atoms with E-state index < -0.39 is 0 Å². The van der Waals surface area contributed by atoms with E-state index >= 15 is 0 Å². The summed E-state index contributed by atoms with van der Waals surface area (Å²) < 4.78 is 5.97. The van der Waals surface area contributed by atoms with Crippen LogP contribution in [0, 0.1) is 11.3 Å². The van der Waals surface area contributed by atoms with E-state index in [2.05, 4.69) is 55.4 Å². The largest absolute Gasteiger partial charge is 0.373 e. The van der Waals surface area contributed by atoms with E-state index in [1.807, 2.05) is 0 Å². The first-order chi connectivity index (χ1) is 6.58. The third-order valence-electron chi connectivity index (χ3n) is 3.31. The average molecular weight is 214 g/mol. The van der Waals surface area contributed by atoms with Crippen molar-refractivity contribution in [2.75, 3.05) is 0 Å². The standard InChI is InChI=1S/C14H30O/c1-9-11(2)14(7,8)10-12(3)15-13(4,5)6/h11-12H,9-10H2,1-8H3/t11-,12?/m0/s1. The summed E-state index contributed by atoms with van der Waals surface area (Å²) in [6, 6.07) is 0. The molecule has 0 aliphatic rings. The van der Waals surface area contributed by atoms with Gasteiger partial charge in [-0.25, -0.2) is 0 Å². The summed E-state index contributed by atoms with van der Waals surface area (Å²) >= 11 is 0. The van der Waals surface area contributed by atoms with E-state index in [0.29, 0.717) is 11.5 Å². The summed E-state index contributed by atoms with van der Waals surface area (Å²) in [5.74, 6) is 0.753. The van der Waals surface area contributed by atoms with Gasteiger partial charge in [-0.3, -0.25) is 0 Å². The van der Waals surface area contributed by atoms with Gasteiger partial charge in [-0.15, -0.1) is 0 Å². The Morgan fingerprint density at radius 1 is 1.00 bits per heavy atom. The van der Waals surface area contributed by atoms with Crippen molar-refractivity contribution in [1.82, 2.24) is 0 Å². The lowest BCUT2D eigenvalue weighted by Crippen LogP contribution is -2.32. The number of hydrogen-bond acceptors (Lipinski definition) is 1. The van der Waals surface area contributed by atoms with Crippen molar-refractivity contribution in [3.8, 4) is 0 Å². The fourth-order valence-electron chi connectivity index (χ4n) is 2.14. The number of ether oxygens (including phenoxy) is 1. The van der Waals surface area contributed by atoms with Crippen LogP contribution in [-0.4, -0.2) is 11.7 Å². The normalized spacial score (nSPS) is 17.6. The molecule has 1 unspecified atom stereocenters. The van der Waals surface area contributed by atoms with Crippen molar-refractivity contribution in [3.63, 3.8) is 0 Å². The van der Waals surface area contributed by atoms with E-state index in [-0.39, 0.29) is 5.60 Å². The van der Waals surface area contributed by atoms with Gasteiger partial charge in [0.25, 0.3) is 0 Å². The van der Waals surface area contributed by atoms with Gasteiger partial charge in [-0.1, -0.05) is 34.1 Å². The molecule has 0 aliphatic heterocycles. The zero-order valence-electron chi connectivity index (χ0n) is 12.0. The monoisotopic (exact) mass is 214 g/mol. The van der Waals surface area contributed by atoms with E-state index in [4.69, 9.17) is 4.74 Å². The lowest BCUT2D eigenvalue weighted by molar-refractivity contribution is -0.0716. The van der Waals surface area contributed by atoms with Crippen molar-refractivity contribution < 1.29 is 4.74 Å². The van der Waals surface area contributed by atoms with Gasteiger partial charge in [-0.2, -0.15) is 0 Å². The maximum absolute atomic E-state index is 5.97. The molecule has 1 nitrogen and oxygen atoms in total. The molecule has 0 aliphatic carbocycles. The van der Waals surface area contributed by atoms with Gasteiger partial charge in [-0.05, 0) is 45.4 Å². The molecule has 0 fully saturated rings. The molecule has 0 radical (unpaired) electrons. The zero-order valence-corrected chi connectivity index (χ0v) is 12.0. The molecular formula is C14H30O. The van der Waals surface area contributed by atoms with Gasteiger partial charge in [0.15, 0.2) is 0 Å². The highest BCUT2D eigenvalue weighted by Gasteiger charge is 2.28. The van der Waals surface area contributed by atoms with Crippen LogP contribution in [0.15, 0.2) is 0 Å². The highest BCUT2D eigenvalue weighted by molar-refractivity contribution is 4.78. The van der Waals surface area contributed by atoms with Crippen molar-refractivity contribution >= 4 is 0 Å². The molecule has 0 aromatic rings. The Balaban J connectivity index is 4.21. The summed E-state index contributed by atoms with van der Waals surface area (Å²) in [5.41, 5.74) is 0.352. The maximum atomic E-state index is 5.97. The molecule has 0 aromatic heterocycles. The maximum Gasteiger partial charge on any atom is 0.0602 e. The summed E-state index contributed by atoms with van der Waals surface area (Å²) in [6.07, 6.45) is 2.73. The van der Waals surface area contributed by atoms with Gasteiger partial charge < -0.3 is 4.74 Å². The summed E-state index contributed by atoms with van der Waals surface area (Å²) in [6.45, 7) is 17.9. The van der Waals surface area contributed by atoms with Gasteiger partial charge in [0.05, 0.1) is 11.7 Å². The van der Waals surface area contributed by atoms with E-state index in [1.54, 1.807) is 0 Å². The summed E-state index contributed by atoms with van der Waals surface area (Å²) in [4.78, 5) is 0. The van der Waals surface area contributed by atoms with E-state index in [0.717, 1.165) is 12.3 Å². The van der Waals surface area contributed by atoms with Crippen molar-refractivity contribution in [1.29, 1.82) is 0 Å². The molecule has 92 valence electrons. The molecule has 0 bridgehead atoms. The summed E-state index contributed by atoms with van der Waals surface area (Å²) in [7, 11) is 0. The van der Waals surface area contributed by atoms with E-state index in [1.165, 1.54) is 6.42 Å². The number of hydrogen-bond donors (Lipinski definition) is 0. The second kappa shape index (κ2) is 5.34. The Labute approximate surface area is 96.6 Å². The van der Waals surface area contributed by atoms with Crippen LogP contribution in [0.4, 0.5) is 0 Å². The van der Waals surface area contributed by atoms with Crippen LogP contribution in [0.2, 0.25) is 0 Å². The molecular weight excluding hydrogens is 184 g/mol. The quantitative estimate of drug-likeness (QED) is 0.647. The van der Waals surface area contributed by atoms with Crippen LogP contribution in [0.5, 0.6) is 0 Å². The molecule has 0 saturated carbocycles. The predicted molar refractivity (Wildman–Crippen MR) is 68.2 cm³/mol. The van der Waals surface area contributed by atoms with Crippen LogP contribution in [0.1, 0.15) is 68.2 Å². The minimum atomic E-state index is -0.0229. The fourth-order valence-corrected chi connectivity index (χ4v) is 2.14. The van der Waals surface area contributed by atoms with Gasteiger partial charge in [0.2, 0.25) is 0 Å². The molecule has 15 heavy (non-hydrogen) atoms. The lowest BCUT2D eigenvalue weighted by atomic mass is 9.74. The Kier molecular flexibility index (Phi) is 5.32. The fraction of sp³-hybridized carbons (Fsp3) is 1.00. The second-order valence-electron chi connectivity index (χ2n) is 6.54. The SMILES string of the molecule is CC[C@H](C)C(C)(C)CC(C)OC(C)(C)C. The van der Waals surface area contributed by atoms with Crippen molar-refractivity contribution in [2.45, 2.75) is 79.9 Å². The Morgan fingerprint density at radius 3 is 1.80 bits per heavy atom. The first kappa shape index (κ1) is 15.0. The molecule has 0 rings (SSSR count). The Hall–Kier alpha value is -0.0400. The molecule has 2 atom stereocenters. The first-order valence-corrected chi connectivity index (χ1v) is 6.26. The number of rotatable bonds is 5. The van der Waals surface area contributed by atoms with Crippen molar-refractivity contribution in [2.24, 2.45) is 11.3 Å². The lowest BCUT2D eigenvalue weighted by Gasteiger charge is -2.36. The third kappa shape index (κ3) is 6.19. The van der Waals surface area contributed by atoms with Crippen LogP contribution < -0.4 is 0 Å².